The Morgan fingerprint density at radius 3 is 2.75 bits per heavy atom. The number of rotatable bonds is 5. The van der Waals surface area contributed by atoms with Crippen molar-refractivity contribution >= 4 is 11.6 Å². The van der Waals surface area contributed by atoms with Crippen LogP contribution in [0.4, 0.5) is 5.69 Å². The molecule has 0 saturated heterocycles. The van der Waals surface area contributed by atoms with Gasteiger partial charge in [0.1, 0.15) is 0 Å². The van der Waals surface area contributed by atoms with Gasteiger partial charge in [-0.1, -0.05) is 6.92 Å². The summed E-state index contributed by atoms with van der Waals surface area (Å²) in [6, 6.07) is 5.42. The molecule has 0 aliphatic carbocycles. The molecule has 110 valence electrons. The summed E-state index contributed by atoms with van der Waals surface area (Å²) >= 11 is 0. The molecule has 0 aromatic heterocycles. The lowest BCUT2D eigenvalue weighted by atomic mass is 10.0. The number of hydrogen-bond acceptors (Lipinski definition) is 4. The molecule has 2 rings (SSSR count). The maximum absolute atomic E-state index is 12.0. The number of anilines is 1. The van der Waals surface area contributed by atoms with Gasteiger partial charge in [0.05, 0.1) is 0 Å². The fourth-order valence-corrected chi connectivity index (χ4v) is 2.12. The lowest BCUT2D eigenvalue weighted by Gasteiger charge is -2.16. The van der Waals surface area contributed by atoms with E-state index in [4.69, 9.17) is 15.2 Å². The molecule has 1 aliphatic rings. The molecule has 0 fully saturated rings. The molecule has 1 aromatic rings. The van der Waals surface area contributed by atoms with Crippen molar-refractivity contribution in [1.82, 2.24) is 0 Å². The van der Waals surface area contributed by atoms with E-state index in [1.807, 2.05) is 32.9 Å². The van der Waals surface area contributed by atoms with Crippen LogP contribution in [0.2, 0.25) is 0 Å². The summed E-state index contributed by atoms with van der Waals surface area (Å²) in [5, 5.41) is 2.89. The maximum Gasteiger partial charge on any atom is 0.246 e. The molecule has 5 heteroatoms. The van der Waals surface area contributed by atoms with Gasteiger partial charge in [0, 0.05) is 31.5 Å². The monoisotopic (exact) mass is 278 g/mol. The van der Waals surface area contributed by atoms with Crippen molar-refractivity contribution in [2.75, 3.05) is 11.9 Å². The molecular formula is C15H22N2O3. The topological polar surface area (TPSA) is 73.6 Å². The molecule has 5 nitrogen and oxygen atoms in total. The normalized spacial score (nSPS) is 16.8. The van der Waals surface area contributed by atoms with Crippen LogP contribution in [-0.4, -0.2) is 18.2 Å². The molecule has 1 unspecified atom stereocenters. The van der Waals surface area contributed by atoms with Gasteiger partial charge in [0.25, 0.3) is 0 Å². The Morgan fingerprint density at radius 1 is 1.35 bits per heavy atom. The SMILES string of the molecule is CC(CCCN)C(=O)Nc1ccc2c(c1)OC(C)(C)O2. The third kappa shape index (κ3) is 3.42. The second-order valence-corrected chi connectivity index (χ2v) is 5.59. The Bertz CT molecular complexity index is 500. The molecule has 0 radical (unpaired) electrons. The third-order valence-electron chi connectivity index (χ3n) is 3.21. The lowest BCUT2D eigenvalue weighted by molar-refractivity contribution is -0.119. The van der Waals surface area contributed by atoms with Gasteiger partial charge >= 0.3 is 0 Å². The molecule has 20 heavy (non-hydrogen) atoms. The maximum atomic E-state index is 12.0. The van der Waals surface area contributed by atoms with Crippen molar-refractivity contribution in [1.29, 1.82) is 0 Å². The molecule has 1 atom stereocenters. The zero-order chi connectivity index (χ0) is 14.8. The minimum absolute atomic E-state index is 0.00317. The summed E-state index contributed by atoms with van der Waals surface area (Å²) in [4.78, 5) is 12.0. The van der Waals surface area contributed by atoms with E-state index in [2.05, 4.69) is 5.32 Å². The zero-order valence-corrected chi connectivity index (χ0v) is 12.2. The molecule has 1 heterocycles. The van der Waals surface area contributed by atoms with Crippen LogP contribution in [0.3, 0.4) is 0 Å². The summed E-state index contributed by atoms with van der Waals surface area (Å²) in [5.74, 6) is 0.642. The quantitative estimate of drug-likeness (QED) is 0.868. The highest BCUT2D eigenvalue weighted by atomic mass is 16.7. The van der Waals surface area contributed by atoms with E-state index in [-0.39, 0.29) is 11.8 Å². The van der Waals surface area contributed by atoms with Crippen molar-refractivity contribution in [2.45, 2.75) is 39.4 Å². The molecule has 1 amide bonds. The Labute approximate surface area is 119 Å². The van der Waals surface area contributed by atoms with Crippen LogP contribution in [0, 0.1) is 5.92 Å². The number of carbonyl (C=O) groups excluding carboxylic acids is 1. The van der Waals surface area contributed by atoms with E-state index in [1.165, 1.54) is 0 Å². The van der Waals surface area contributed by atoms with E-state index in [1.54, 1.807) is 6.07 Å². The zero-order valence-electron chi connectivity index (χ0n) is 12.2. The fraction of sp³-hybridized carbons (Fsp3) is 0.533. The van der Waals surface area contributed by atoms with Crippen molar-refractivity contribution in [2.24, 2.45) is 11.7 Å². The van der Waals surface area contributed by atoms with Crippen molar-refractivity contribution < 1.29 is 14.3 Å². The Morgan fingerprint density at radius 2 is 2.05 bits per heavy atom. The first-order valence-electron chi connectivity index (χ1n) is 6.94. The predicted molar refractivity (Wildman–Crippen MR) is 77.9 cm³/mol. The number of benzene rings is 1. The van der Waals surface area contributed by atoms with Crippen LogP contribution < -0.4 is 20.5 Å². The standard InChI is InChI=1S/C15H22N2O3/c1-10(5-4-8-16)14(18)17-11-6-7-12-13(9-11)20-15(2,3)19-12/h6-7,9-10H,4-5,8,16H2,1-3H3,(H,17,18). The van der Waals surface area contributed by atoms with Crippen LogP contribution in [-0.2, 0) is 4.79 Å². The smallest absolute Gasteiger partial charge is 0.246 e. The number of carbonyl (C=O) groups is 1. The first-order valence-corrected chi connectivity index (χ1v) is 6.94. The average Bonchev–Trinajstić information content (AvgIpc) is 2.68. The van der Waals surface area contributed by atoms with Crippen LogP contribution in [0.25, 0.3) is 0 Å². The van der Waals surface area contributed by atoms with Crippen LogP contribution in [0.15, 0.2) is 18.2 Å². The number of amides is 1. The van der Waals surface area contributed by atoms with E-state index < -0.39 is 5.79 Å². The molecule has 0 spiro atoms. The van der Waals surface area contributed by atoms with E-state index in [0.29, 0.717) is 18.0 Å². The minimum Gasteiger partial charge on any atom is -0.449 e. The first-order chi connectivity index (χ1) is 9.41. The number of fused-ring (bicyclic) bond motifs is 1. The highest BCUT2D eigenvalue weighted by molar-refractivity contribution is 5.92. The van der Waals surface area contributed by atoms with E-state index in [0.717, 1.165) is 18.5 Å². The van der Waals surface area contributed by atoms with Crippen molar-refractivity contribution in [3.63, 3.8) is 0 Å². The molecule has 3 N–H and O–H groups in total. The second-order valence-electron chi connectivity index (χ2n) is 5.59. The van der Waals surface area contributed by atoms with Gasteiger partial charge < -0.3 is 20.5 Å². The second kappa shape index (κ2) is 5.71. The van der Waals surface area contributed by atoms with E-state index >= 15 is 0 Å². The summed E-state index contributed by atoms with van der Waals surface area (Å²) in [6.45, 7) is 6.21. The van der Waals surface area contributed by atoms with Gasteiger partial charge in [0.2, 0.25) is 11.7 Å². The first kappa shape index (κ1) is 14.7. The van der Waals surface area contributed by atoms with E-state index in [9.17, 15) is 4.79 Å². The molecule has 0 bridgehead atoms. The number of nitrogens with one attached hydrogen (secondary N) is 1. The van der Waals surface area contributed by atoms with Crippen LogP contribution >= 0.6 is 0 Å². The van der Waals surface area contributed by atoms with Crippen LogP contribution in [0.1, 0.15) is 33.6 Å². The van der Waals surface area contributed by atoms with Gasteiger partial charge in [-0.3, -0.25) is 4.79 Å². The number of ether oxygens (including phenoxy) is 2. The summed E-state index contributed by atoms with van der Waals surface area (Å²) < 4.78 is 11.3. The predicted octanol–water partition coefficient (Wildman–Crippen LogP) is 2.51. The summed E-state index contributed by atoms with van der Waals surface area (Å²) in [5.41, 5.74) is 6.17. The largest absolute Gasteiger partial charge is 0.449 e. The Hall–Kier alpha value is -1.75. The Balaban J connectivity index is 2.00. The van der Waals surface area contributed by atoms with Gasteiger partial charge in [-0.15, -0.1) is 0 Å². The molecule has 1 aliphatic heterocycles. The molecule has 1 aromatic carbocycles. The van der Waals surface area contributed by atoms with Gasteiger partial charge in [0.15, 0.2) is 11.5 Å². The van der Waals surface area contributed by atoms with Gasteiger partial charge in [-0.05, 0) is 31.5 Å². The van der Waals surface area contributed by atoms with Crippen LogP contribution in [0.5, 0.6) is 11.5 Å². The lowest BCUT2D eigenvalue weighted by Crippen LogP contribution is -2.29. The molecule has 0 saturated carbocycles. The number of hydrogen-bond donors (Lipinski definition) is 2. The Kier molecular flexibility index (Phi) is 4.18. The van der Waals surface area contributed by atoms with Gasteiger partial charge in [-0.25, -0.2) is 0 Å². The minimum atomic E-state index is -0.653. The average molecular weight is 278 g/mol. The number of nitrogens with two attached hydrogens (primary N) is 1. The highest BCUT2D eigenvalue weighted by Crippen LogP contribution is 2.40. The third-order valence-corrected chi connectivity index (χ3v) is 3.21. The van der Waals surface area contributed by atoms with Crippen molar-refractivity contribution in [3.8, 4) is 11.5 Å². The summed E-state index contributed by atoms with van der Waals surface area (Å²) in [6.07, 6.45) is 1.64. The van der Waals surface area contributed by atoms with Gasteiger partial charge in [-0.2, -0.15) is 0 Å². The highest BCUT2D eigenvalue weighted by Gasteiger charge is 2.31. The summed E-state index contributed by atoms with van der Waals surface area (Å²) in [7, 11) is 0. The molecular weight excluding hydrogens is 256 g/mol. The fourth-order valence-electron chi connectivity index (χ4n) is 2.12. The van der Waals surface area contributed by atoms with Crippen molar-refractivity contribution in [3.05, 3.63) is 18.2 Å².